The van der Waals surface area contributed by atoms with Crippen LogP contribution in [0, 0.1) is 0 Å². The number of likely N-dealkylation sites (N-methyl/N-ethyl adjacent to an activating group) is 1. The minimum Gasteiger partial charge on any atom is -0.508 e. The summed E-state index contributed by atoms with van der Waals surface area (Å²) in [5, 5.41) is 11.2. The average Bonchev–Trinajstić information content (AvgIpc) is 3.28. The number of phenolic OH excluding ortho intramolecular Hbond substituents is 1. The van der Waals surface area contributed by atoms with E-state index in [9.17, 15) is 14.7 Å². The van der Waals surface area contributed by atoms with E-state index in [4.69, 9.17) is 4.74 Å². The van der Waals surface area contributed by atoms with Gasteiger partial charge in [0.1, 0.15) is 23.1 Å². The van der Waals surface area contributed by atoms with Gasteiger partial charge in [0.15, 0.2) is 0 Å². The van der Waals surface area contributed by atoms with Gasteiger partial charge in [-0.15, -0.1) is 0 Å². The summed E-state index contributed by atoms with van der Waals surface area (Å²) in [4.78, 5) is 36.3. The number of amides is 3. The first-order chi connectivity index (χ1) is 16.8. The van der Waals surface area contributed by atoms with Crippen molar-refractivity contribution >= 4 is 22.8 Å². The second kappa shape index (κ2) is 8.61. The molecule has 2 aliphatic rings. The van der Waals surface area contributed by atoms with E-state index in [-0.39, 0.29) is 17.7 Å². The number of urea groups is 1. The summed E-state index contributed by atoms with van der Waals surface area (Å²) in [6.07, 6.45) is 0.401. The summed E-state index contributed by atoms with van der Waals surface area (Å²) in [6, 6.07) is 12.0. The Labute approximate surface area is 205 Å². The molecule has 1 fully saturated rings. The third kappa shape index (κ3) is 3.63. The second-order valence-corrected chi connectivity index (χ2v) is 9.61. The molecule has 0 saturated carbocycles. The van der Waals surface area contributed by atoms with E-state index in [0.717, 1.165) is 40.0 Å². The van der Waals surface area contributed by atoms with Crippen LogP contribution in [-0.4, -0.2) is 75.6 Å². The zero-order valence-electron chi connectivity index (χ0n) is 20.7. The van der Waals surface area contributed by atoms with Gasteiger partial charge in [-0.1, -0.05) is 19.1 Å². The number of aromatic amines is 1. The van der Waals surface area contributed by atoms with Gasteiger partial charge in [-0.05, 0) is 68.9 Å². The smallest absolute Gasteiger partial charge is 0.328 e. The van der Waals surface area contributed by atoms with E-state index in [2.05, 4.69) is 9.88 Å². The Morgan fingerprint density at radius 3 is 2.71 bits per heavy atom. The van der Waals surface area contributed by atoms with Crippen molar-refractivity contribution in [2.24, 2.45) is 0 Å². The van der Waals surface area contributed by atoms with Crippen LogP contribution in [0.2, 0.25) is 0 Å². The fraction of sp³-hybridized carbons (Fsp3) is 0.407. The minimum atomic E-state index is -1.04. The molecule has 3 aromatic rings. The van der Waals surface area contributed by atoms with E-state index in [1.54, 1.807) is 23.1 Å². The average molecular weight is 477 g/mol. The third-order valence-electron chi connectivity index (χ3n) is 7.38. The van der Waals surface area contributed by atoms with Crippen LogP contribution in [-0.2, 0) is 11.2 Å². The van der Waals surface area contributed by atoms with Crippen molar-refractivity contribution in [2.45, 2.75) is 38.8 Å². The van der Waals surface area contributed by atoms with Crippen LogP contribution in [0.15, 0.2) is 42.5 Å². The first-order valence-electron chi connectivity index (χ1n) is 12.2. The highest BCUT2D eigenvalue weighted by atomic mass is 16.5. The van der Waals surface area contributed by atoms with Crippen molar-refractivity contribution in [1.82, 2.24) is 19.7 Å². The number of ether oxygens (including phenoxy) is 1. The topological polar surface area (TPSA) is 89.1 Å². The number of aromatic hydroxyl groups is 1. The summed E-state index contributed by atoms with van der Waals surface area (Å²) < 4.78 is 5.74. The van der Waals surface area contributed by atoms with E-state index < -0.39 is 11.6 Å². The van der Waals surface area contributed by atoms with Gasteiger partial charge >= 0.3 is 6.03 Å². The first-order valence-corrected chi connectivity index (χ1v) is 12.2. The van der Waals surface area contributed by atoms with Crippen molar-refractivity contribution in [3.8, 4) is 11.5 Å². The maximum atomic E-state index is 13.8. The molecule has 2 aliphatic heterocycles. The van der Waals surface area contributed by atoms with Crippen LogP contribution in [0.5, 0.6) is 11.5 Å². The van der Waals surface area contributed by atoms with Gasteiger partial charge in [-0.2, -0.15) is 0 Å². The van der Waals surface area contributed by atoms with Crippen molar-refractivity contribution in [3.05, 3.63) is 59.3 Å². The van der Waals surface area contributed by atoms with E-state index >= 15 is 0 Å². The number of imide groups is 1. The van der Waals surface area contributed by atoms with Gasteiger partial charge in [-0.25, -0.2) is 4.79 Å². The van der Waals surface area contributed by atoms with E-state index in [0.29, 0.717) is 26.1 Å². The Morgan fingerprint density at radius 2 is 2.00 bits per heavy atom. The largest absolute Gasteiger partial charge is 0.508 e. The van der Waals surface area contributed by atoms with Crippen LogP contribution in [0.4, 0.5) is 4.79 Å². The number of phenols is 1. The quantitative estimate of drug-likeness (QED) is 0.505. The molecule has 3 amide bonds. The maximum absolute atomic E-state index is 13.8. The number of rotatable bonds is 7. The van der Waals surface area contributed by atoms with Crippen LogP contribution in [0.3, 0.4) is 0 Å². The molecule has 3 heterocycles. The zero-order valence-corrected chi connectivity index (χ0v) is 20.7. The van der Waals surface area contributed by atoms with Crippen molar-refractivity contribution < 1.29 is 19.4 Å². The van der Waals surface area contributed by atoms with Gasteiger partial charge in [0, 0.05) is 36.1 Å². The van der Waals surface area contributed by atoms with Gasteiger partial charge in [0.05, 0.1) is 6.61 Å². The summed E-state index contributed by atoms with van der Waals surface area (Å²) >= 11 is 0. The molecule has 5 rings (SSSR count). The molecule has 2 N–H and O–H groups in total. The number of fused-ring (bicyclic) bond motifs is 4. The molecule has 8 nitrogen and oxygen atoms in total. The number of aromatic nitrogens is 1. The predicted octanol–water partition coefficient (Wildman–Crippen LogP) is 3.89. The SMILES string of the molecule is CCOc1ccc2[nH]c3c(c2c1)C[C@@]1(C)C(=O)N(CCN(C)CC)C(=O)N1C3c1cccc(O)c1. The summed E-state index contributed by atoms with van der Waals surface area (Å²) in [6.45, 7) is 8.20. The van der Waals surface area contributed by atoms with Gasteiger partial charge in [0.2, 0.25) is 0 Å². The molecular weight excluding hydrogens is 444 g/mol. The lowest BCUT2D eigenvalue weighted by molar-refractivity contribution is -0.133. The first kappa shape index (κ1) is 23.2. The molecule has 2 atom stereocenters. The number of carbonyl (C=O) groups is 2. The molecule has 35 heavy (non-hydrogen) atoms. The van der Waals surface area contributed by atoms with Crippen LogP contribution < -0.4 is 4.74 Å². The third-order valence-corrected chi connectivity index (χ3v) is 7.38. The fourth-order valence-corrected chi connectivity index (χ4v) is 5.42. The van der Waals surface area contributed by atoms with Crippen LogP contribution >= 0.6 is 0 Å². The number of nitrogens with zero attached hydrogens (tertiary/aromatic N) is 3. The number of benzene rings is 2. The molecule has 0 bridgehead atoms. The highest BCUT2D eigenvalue weighted by Crippen LogP contribution is 2.49. The van der Waals surface area contributed by atoms with E-state index in [1.807, 2.05) is 52.1 Å². The van der Waals surface area contributed by atoms with Gasteiger partial charge < -0.3 is 19.7 Å². The summed E-state index contributed by atoms with van der Waals surface area (Å²) in [7, 11) is 1.97. The van der Waals surface area contributed by atoms with Gasteiger partial charge in [-0.3, -0.25) is 14.6 Å². The molecule has 2 aromatic carbocycles. The zero-order chi connectivity index (χ0) is 24.9. The number of nitrogens with one attached hydrogen (secondary N) is 1. The van der Waals surface area contributed by atoms with E-state index in [1.165, 1.54) is 4.90 Å². The lowest BCUT2D eigenvalue weighted by Crippen LogP contribution is -2.53. The lowest BCUT2D eigenvalue weighted by atomic mass is 9.81. The summed E-state index contributed by atoms with van der Waals surface area (Å²) in [5.41, 5.74) is 2.51. The highest BCUT2D eigenvalue weighted by Gasteiger charge is 2.60. The summed E-state index contributed by atoms with van der Waals surface area (Å²) in [5.74, 6) is 0.699. The second-order valence-electron chi connectivity index (χ2n) is 9.61. The molecule has 1 saturated heterocycles. The highest BCUT2D eigenvalue weighted by molar-refractivity contribution is 6.08. The molecule has 1 aromatic heterocycles. The number of hydrogen-bond donors (Lipinski definition) is 2. The lowest BCUT2D eigenvalue weighted by Gasteiger charge is -2.42. The van der Waals surface area contributed by atoms with Crippen LogP contribution in [0.25, 0.3) is 10.9 Å². The van der Waals surface area contributed by atoms with Crippen molar-refractivity contribution in [1.29, 1.82) is 0 Å². The Hall–Kier alpha value is -3.52. The normalized spacial score (nSPS) is 21.7. The Morgan fingerprint density at radius 1 is 1.20 bits per heavy atom. The maximum Gasteiger partial charge on any atom is 0.328 e. The number of H-pyrrole nitrogens is 1. The Bertz CT molecular complexity index is 1300. The monoisotopic (exact) mass is 476 g/mol. The Balaban J connectivity index is 1.67. The predicted molar refractivity (Wildman–Crippen MR) is 134 cm³/mol. The molecule has 0 spiro atoms. The molecule has 8 heteroatoms. The van der Waals surface area contributed by atoms with Gasteiger partial charge in [0.25, 0.3) is 5.91 Å². The molecule has 0 radical (unpaired) electrons. The van der Waals surface area contributed by atoms with Crippen LogP contribution in [0.1, 0.15) is 43.6 Å². The standard InChI is InChI=1S/C27H32N4O4/c1-5-29(4)12-13-30-25(33)27(3)16-21-20-15-19(35-6-2)10-11-22(20)28-23(21)24(31(27)26(30)34)17-8-7-9-18(32)14-17/h7-11,14-15,24,28,32H,5-6,12-13,16H2,1-4H3/t24?,27-/m0/s1. The number of carbonyl (C=O) groups excluding carboxylic acids is 2. The molecule has 0 aliphatic carbocycles. The Kier molecular flexibility index (Phi) is 5.71. The molecular formula is C27H32N4O4. The van der Waals surface area contributed by atoms with Crippen molar-refractivity contribution in [2.75, 3.05) is 33.3 Å². The van der Waals surface area contributed by atoms with Crippen molar-refractivity contribution in [3.63, 3.8) is 0 Å². The molecule has 184 valence electrons. The molecule has 1 unspecified atom stereocenters. The fourth-order valence-electron chi connectivity index (χ4n) is 5.42. The minimum absolute atomic E-state index is 0.116. The number of hydrogen-bond acceptors (Lipinski definition) is 5.